The molecule has 90 valence electrons. The van der Waals surface area contributed by atoms with Crippen LogP contribution in [-0.4, -0.2) is 6.54 Å². The van der Waals surface area contributed by atoms with Crippen molar-refractivity contribution < 1.29 is 4.42 Å². The van der Waals surface area contributed by atoms with Crippen LogP contribution in [0.25, 0.3) is 0 Å². The molecule has 0 spiro atoms. The van der Waals surface area contributed by atoms with Gasteiger partial charge in [0, 0.05) is 11.6 Å². The molecular formula is C14H23NO. The third kappa shape index (κ3) is 2.88. The summed E-state index contributed by atoms with van der Waals surface area (Å²) < 4.78 is 5.11. The molecule has 3 atom stereocenters. The molecule has 3 unspecified atom stereocenters. The van der Waals surface area contributed by atoms with Gasteiger partial charge in [-0.2, -0.15) is 0 Å². The lowest BCUT2D eigenvalue weighted by Gasteiger charge is -2.30. The van der Waals surface area contributed by atoms with Crippen molar-refractivity contribution in [3.8, 4) is 0 Å². The SMILES string of the molecule is CC(NCC1CCCCC1C)c1ccoc1. The van der Waals surface area contributed by atoms with E-state index in [1.165, 1.54) is 31.2 Å². The minimum atomic E-state index is 0.410. The van der Waals surface area contributed by atoms with Crippen molar-refractivity contribution >= 4 is 0 Å². The quantitative estimate of drug-likeness (QED) is 0.837. The van der Waals surface area contributed by atoms with Crippen LogP contribution in [0.2, 0.25) is 0 Å². The first-order valence-corrected chi connectivity index (χ1v) is 6.53. The minimum absolute atomic E-state index is 0.410. The molecule has 1 aromatic rings. The van der Waals surface area contributed by atoms with E-state index in [0.717, 1.165) is 18.4 Å². The smallest absolute Gasteiger partial charge is 0.0950 e. The summed E-state index contributed by atoms with van der Waals surface area (Å²) in [5.41, 5.74) is 1.25. The molecule has 0 saturated heterocycles. The maximum Gasteiger partial charge on any atom is 0.0950 e. The lowest BCUT2D eigenvalue weighted by Crippen LogP contribution is -2.30. The van der Waals surface area contributed by atoms with Gasteiger partial charge in [-0.25, -0.2) is 0 Å². The van der Waals surface area contributed by atoms with E-state index in [0.29, 0.717) is 6.04 Å². The molecule has 0 radical (unpaired) electrons. The summed E-state index contributed by atoms with van der Waals surface area (Å²) in [6.07, 6.45) is 9.23. The first-order valence-electron chi connectivity index (χ1n) is 6.53. The second-order valence-electron chi connectivity index (χ2n) is 5.21. The van der Waals surface area contributed by atoms with E-state index in [1.54, 1.807) is 6.26 Å². The predicted molar refractivity (Wildman–Crippen MR) is 66.2 cm³/mol. The Morgan fingerprint density at radius 2 is 2.25 bits per heavy atom. The lowest BCUT2D eigenvalue weighted by atomic mass is 9.80. The monoisotopic (exact) mass is 221 g/mol. The number of furan rings is 1. The van der Waals surface area contributed by atoms with Gasteiger partial charge in [0.1, 0.15) is 0 Å². The normalized spacial score (nSPS) is 27.9. The Labute approximate surface area is 98.4 Å². The highest BCUT2D eigenvalue weighted by molar-refractivity contribution is 5.10. The van der Waals surface area contributed by atoms with Crippen LogP contribution in [0.5, 0.6) is 0 Å². The number of nitrogens with one attached hydrogen (secondary N) is 1. The van der Waals surface area contributed by atoms with Gasteiger partial charge < -0.3 is 9.73 Å². The van der Waals surface area contributed by atoms with Crippen LogP contribution >= 0.6 is 0 Å². The topological polar surface area (TPSA) is 25.2 Å². The van der Waals surface area contributed by atoms with Crippen LogP contribution in [0.1, 0.15) is 51.1 Å². The molecular weight excluding hydrogens is 198 g/mol. The van der Waals surface area contributed by atoms with Crippen molar-refractivity contribution in [3.05, 3.63) is 24.2 Å². The molecule has 1 aliphatic rings. The molecule has 1 aromatic heterocycles. The van der Waals surface area contributed by atoms with Crippen molar-refractivity contribution in [2.75, 3.05) is 6.54 Å². The van der Waals surface area contributed by atoms with Crippen molar-refractivity contribution in [1.29, 1.82) is 0 Å². The van der Waals surface area contributed by atoms with Gasteiger partial charge >= 0.3 is 0 Å². The summed E-state index contributed by atoms with van der Waals surface area (Å²) in [5, 5.41) is 3.63. The number of hydrogen-bond acceptors (Lipinski definition) is 2. The van der Waals surface area contributed by atoms with Gasteiger partial charge in [0.25, 0.3) is 0 Å². The van der Waals surface area contributed by atoms with E-state index in [-0.39, 0.29) is 0 Å². The van der Waals surface area contributed by atoms with E-state index in [4.69, 9.17) is 4.42 Å². The first kappa shape index (κ1) is 11.7. The molecule has 0 amide bonds. The molecule has 2 rings (SSSR count). The molecule has 1 fully saturated rings. The van der Waals surface area contributed by atoms with E-state index >= 15 is 0 Å². The summed E-state index contributed by atoms with van der Waals surface area (Å²) in [6, 6.07) is 2.45. The average Bonchev–Trinajstić information content (AvgIpc) is 2.81. The number of hydrogen-bond donors (Lipinski definition) is 1. The molecule has 2 heteroatoms. The van der Waals surface area contributed by atoms with E-state index in [2.05, 4.69) is 19.2 Å². The van der Waals surface area contributed by atoms with Crippen LogP contribution in [-0.2, 0) is 0 Å². The summed E-state index contributed by atoms with van der Waals surface area (Å²) in [5.74, 6) is 1.75. The van der Waals surface area contributed by atoms with Crippen LogP contribution in [0.3, 0.4) is 0 Å². The van der Waals surface area contributed by atoms with Gasteiger partial charge in [-0.15, -0.1) is 0 Å². The molecule has 1 heterocycles. The highest BCUT2D eigenvalue weighted by atomic mass is 16.3. The first-order chi connectivity index (χ1) is 7.77. The summed E-state index contributed by atoms with van der Waals surface area (Å²) in [7, 11) is 0. The Morgan fingerprint density at radius 1 is 1.44 bits per heavy atom. The Balaban J connectivity index is 1.78. The van der Waals surface area contributed by atoms with Crippen LogP contribution in [0.15, 0.2) is 23.0 Å². The Kier molecular flexibility index (Phi) is 4.05. The molecule has 16 heavy (non-hydrogen) atoms. The standard InChI is InChI=1S/C14H23NO/c1-11-5-3-4-6-13(11)9-15-12(2)14-7-8-16-10-14/h7-8,10-13,15H,3-6,9H2,1-2H3. The van der Waals surface area contributed by atoms with E-state index in [9.17, 15) is 0 Å². The Bertz CT molecular complexity index is 294. The third-order valence-corrected chi connectivity index (χ3v) is 4.02. The lowest BCUT2D eigenvalue weighted by molar-refractivity contribution is 0.242. The minimum Gasteiger partial charge on any atom is -0.472 e. The van der Waals surface area contributed by atoms with Crippen molar-refractivity contribution in [2.24, 2.45) is 11.8 Å². The maximum absolute atomic E-state index is 5.11. The van der Waals surface area contributed by atoms with Gasteiger partial charge in [-0.1, -0.05) is 26.2 Å². The van der Waals surface area contributed by atoms with Crippen LogP contribution in [0.4, 0.5) is 0 Å². The second kappa shape index (κ2) is 5.53. The van der Waals surface area contributed by atoms with E-state index < -0.39 is 0 Å². The van der Waals surface area contributed by atoms with Gasteiger partial charge in [0.2, 0.25) is 0 Å². The van der Waals surface area contributed by atoms with Gasteiger partial charge in [-0.05, 0) is 37.8 Å². The van der Waals surface area contributed by atoms with Crippen molar-refractivity contribution in [1.82, 2.24) is 5.32 Å². The molecule has 0 bridgehead atoms. The van der Waals surface area contributed by atoms with Crippen molar-refractivity contribution in [2.45, 2.75) is 45.6 Å². The fourth-order valence-corrected chi connectivity index (χ4v) is 2.66. The largest absolute Gasteiger partial charge is 0.472 e. The van der Waals surface area contributed by atoms with Crippen LogP contribution < -0.4 is 5.32 Å². The molecule has 0 aliphatic heterocycles. The molecule has 1 saturated carbocycles. The predicted octanol–water partition coefficient (Wildman–Crippen LogP) is 3.76. The fourth-order valence-electron chi connectivity index (χ4n) is 2.66. The summed E-state index contributed by atoms with van der Waals surface area (Å²) in [6.45, 7) is 5.75. The van der Waals surface area contributed by atoms with Gasteiger partial charge in [0.05, 0.1) is 12.5 Å². The highest BCUT2D eigenvalue weighted by Gasteiger charge is 2.21. The molecule has 1 aliphatic carbocycles. The second-order valence-corrected chi connectivity index (χ2v) is 5.21. The Morgan fingerprint density at radius 3 is 2.94 bits per heavy atom. The van der Waals surface area contributed by atoms with Gasteiger partial charge in [-0.3, -0.25) is 0 Å². The van der Waals surface area contributed by atoms with Gasteiger partial charge in [0.15, 0.2) is 0 Å². The van der Waals surface area contributed by atoms with Crippen LogP contribution in [0, 0.1) is 11.8 Å². The average molecular weight is 221 g/mol. The summed E-state index contributed by atoms with van der Waals surface area (Å²) in [4.78, 5) is 0. The third-order valence-electron chi connectivity index (χ3n) is 4.02. The highest BCUT2D eigenvalue weighted by Crippen LogP contribution is 2.29. The number of rotatable bonds is 4. The zero-order valence-corrected chi connectivity index (χ0v) is 10.4. The summed E-state index contributed by atoms with van der Waals surface area (Å²) >= 11 is 0. The van der Waals surface area contributed by atoms with Crippen molar-refractivity contribution in [3.63, 3.8) is 0 Å². The zero-order valence-electron chi connectivity index (χ0n) is 10.4. The molecule has 0 aromatic carbocycles. The maximum atomic E-state index is 5.11. The molecule has 1 N–H and O–H groups in total. The fraction of sp³-hybridized carbons (Fsp3) is 0.714. The molecule has 2 nitrogen and oxygen atoms in total. The van der Waals surface area contributed by atoms with E-state index in [1.807, 2.05) is 12.3 Å². The Hall–Kier alpha value is -0.760. The zero-order chi connectivity index (χ0) is 11.4.